The van der Waals surface area contributed by atoms with Gasteiger partial charge in [-0.1, -0.05) is 48.6 Å². The molecule has 6 heteroatoms. The number of oxazole rings is 1. The largest absolute Gasteiger partial charge is 0.443 e. The van der Waals surface area contributed by atoms with Crippen LogP contribution in [0, 0.1) is 11.6 Å². The van der Waals surface area contributed by atoms with E-state index in [2.05, 4.69) is 15.2 Å². The van der Waals surface area contributed by atoms with E-state index >= 15 is 0 Å². The van der Waals surface area contributed by atoms with Crippen LogP contribution in [0.5, 0.6) is 0 Å². The van der Waals surface area contributed by atoms with Gasteiger partial charge in [0.25, 0.3) is 0 Å². The second-order valence-electron chi connectivity index (χ2n) is 6.78. The first kappa shape index (κ1) is 16.6. The van der Waals surface area contributed by atoms with Gasteiger partial charge in [-0.05, 0) is 23.3 Å². The lowest BCUT2D eigenvalue weighted by Crippen LogP contribution is -2.30. The van der Waals surface area contributed by atoms with E-state index in [1.54, 1.807) is 12.3 Å². The Morgan fingerprint density at radius 2 is 1.86 bits per heavy atom. The third-order valence-corrected chi connectivity index (χ3v) is 5.23. The van der Waals surface area contributed by atoms with E-state index in [1.807, 2.05) is 42.5 Å². The number of allylic oxidation sites excluding steroid dienone is 1. The molecule has 4 nitrogen and oxygen atoms in total. The summed E-state index contributed by atoms with van der Waals surface area (Å²) in [6, 6.07) is 13.8. The van der Waals surface area contributed by atoms with Gasteiger partial charge in [0.1, 0.15) is 6.26 Å². The number of benzene rings is 2. The van der Waals surface area contributed by atoms with Crippen LogP contribution in [0.3, 0.4) is 0 Å². The van der Waals surface area contributed by atoms with Crippen LogP contribution in [0.15, 0.2) is 71.5 Å². The van der Waals surface area contributed by atoms with Gasteiger partial charge in [0.05, 0.1) is 6.20 Å². The number of fused-ring (bicyclic) bond motifs is 1. The molecule has 0 bridgehead atoms. The van der Waals surface area contributed by atoms with Gasteiger partial charge in [0, 0.05) is 23.1 Å². The van der Waals surface area contributed by atoms with E-state index < -0.39 is 17.0 Å². The highest BCUT2D eigenvalue weighted by Gasteiger charge is 2.37. The average molecular weight is 375 g/mol. The fraction of sp³-hybridized carbons (Fsp3) is 0.0909. The number of aromatic amines is 1. The fourth-order valence-electron chi connectivity index (χ4n) is 3.84. The predicted molar refractivity (Wildman–Crippen MR) is 100 cm³/mol. The van der Waals surface area contributed by atoms with Crippen LogP contribution < -0.4 is 0 Å². The lowest BCUT2D eigenvalue weighted by atomic mass is 9.68. The molecule has 5 rings (SSSR count). The number of halogens is 2. The number of rotatable bonds is 3. The Kier molecular flexibility index (Phi) is 3.72. The van der Waals surface area contributed by atoms with Crippen molar-refractivity contribution < 1.29 is 13.2 Å². The Morgan fingerprint density at radius 3 is 2.61 bits per heavy atom. The van der Waals surface area contributed by atoms with E-state index in [0.717, 1.165) is 16.8 Å². The van der Waals surface area contributed by atoms with Crippen molar-refractivity contribution in [2.45, 2.75) is 11.8 Å². The summed E-state index contributed by atoms with van der Waals surface area (Å²) in [4.78, 5) is 4.17. The molecule has 1 atom stereocenters. The molecule has 0 spiro atoms. The van der Waals surface area contributed by atoms with E-state index in [9.17, 15) is 8.78 Å². The monoisotopic (exact) mass is 375 g/mol. The van der Waals surface area contributed by atoms with Crippen molar-refractivity contribution in [2.75, 3.05) is 0 Å². The lowest BCUT2D eigenvalue weighted by molar-refractivity contribution is 0.502. The molecule has 1 aliphatic carbocycles. The van der Waals surface area contributed by atoms with Crippen LogP contribution in [-0.4, -0.2) is 15.2 Å². The van der Waals surface area contributed by atoms with Gasteiger partial charge in [-0.25, -0.2) is 13.8 Å². The van der Waals surface area contributed by atoms with Gasteiger partial charge < -0.3 is 4.42 Å². The number of hydrogen-bond donors (Lipinski definition) is 1. The van der Waals surface area contributed by atoms with Crippen molar-refractivity contribution in [2.24, 2.45) is 0 Å². The summed E-state index contributed by atoms with van der Waals surface area (Å²) in [6.07, 6.45) is 7.54. The SMILES string of the molecule is Fc1ccc(C2(c3ccccc3)C=Cc3c(-c4ncco4)n[nH]c3C2)cc1F. The number of H-pyrrole nitrogens is 1. The molecule has 0 radical (unpaired) electrons. The highest BCUT2D eigenvalue weighted by Crippen LogP contribution is 2.43. The summed E-state index contributed by atoms with van der Waals surface area (Å²) in [5.41, 5.74) is 3.40. The molecular weight excluding hydrogens is 360 g/mol. The molecule has 1 unspecified atom stereocenters. The third-order valence-electron chi connectivity index (χ3n) is 5.23. The maximum atomic E-state index is 14.1. The van der Waals surface area contributed by atoms with Gasteiger partial charge in [-0.3, -0.25) is 5.10 Å². The quantitative estimate of drug-likeness (QED) is 0.554. The number of nitrogens with one attached hydrogen (secondary N) is 1. The summed E-state index contributed by atoms with van der Waals surface area (Å²) in [7, 11) is 0. The molecule has 1 N–H and O–H groups in total. The molecule has 0 aliphatic heterocycles. The van der Waals surface area contributed by atoms with Crippen molar-refractivity contribution in [3.8, 4) is 11.6 Å². The molecule has 2 heterocycles. The van der Waals surface area contributed by atoms with Crippen molar-refractivity contribution in [1.82, 2.24) is 15.2 Å². The van der Waals surface area contributed by atoms with E-state index in [0.29, 0.717) is 23.6 Å². The normalized spacial score (nSPS) is 18.2. The molecule has 0 saturated heterocycles. The summed E-state index contributed by atoms with van der Waals surface area (Å²) in [6.45, 7) is 0. The summed E-state index contributed by atoms with van der Waals surface area (Å²) >= 11 is 0. The molecule has 0 saturated carbocycles. The zero-order valence-electron chi connectivity index (χ0n) is 14.7. The molecular formula is C22H15F2N3O. The lowest BCUT2D eigenvalue weighted by Gasteiger charge is -2.34. The Balaban J connectivity index is 1.68. The predicted octanol–water partition coefficient (Wildman–Crippen LogP) is 4.90. The van der Waals surface area contributed by atoms with Gasteiger partial charge in [0.2, 0.25) is 5.89 Å². The molecule has 2 aromatic carbocycles. The van der Waals surface area contributed by atoms with Crippen molar-refractivity contribution >= 4 is 6.08 Å². The van der Waals surface area contributed by atoms with Crippen LogP contribution in [0.4, 0.5) is 8.78 Å². The highest BCUT2D eigenvalue weighted by atomic mass is 19.2. The Labute approximate surface area is 159 Å². The minimum atomic E-state index is -0.864. The van der Waals surface area contributed by atoms with Crippen molar-refractivity contribution in [3.05, 3.63) is 101 Å². The van der Waals surface area contributed by atoms with Crippen LogP contribution in [0.2, 0.25) is 0 Å². The Hall–Kier alpha value is -3.54. The maximum Gasteiger partial charge on any atom is 0.247 e. The Bertz CT molecular complexity index is 1170. The minimum absolute atomic E-state index is 0.433. The molecule has 28 heavy (non-hydrogen) atoms. The van der Waals surface area contributed by atoms with Gasteiger partial charge >= 0.3 is 0 Å². The number of nitrogens with zero attached hydrogens (tertiary/aromatic N) is 2. The first-order chi connectivity index (χ1) is 13.7. The fourth-order valence-corrected chi connectivity index (χ4v) is 3.84. The molecule has 1 aliphatic rings. The van der Waals surface area contributed by atoms with Crippen LogP contribution >= 0.6 is 0 Å². The molecule has 2 aromatic heterocycles. The molecule has 138 valence electrons. The standard InChI is InChI=1S/C22H15F2N3O/c23-17-7-6-15(12-18(17)24)22(14-4-2-1-3-5-14)9-8-16-19(13-22)26-27-20(16)21-25-10-11-28-21/h1-12H,13H2,(H,26,27). The summed E-state index contributed by atoms with van der Waals surface area (Å²) in [5, 5.41) is 7.42. The van der Waals surface area contributed by atoms with Crippen molar-refractivity contribution in [3.63, 3.8) is 0 Å². The second-order valence-corrected chi connectivity index (χ2v) is 6.78. The topological polar surface area (TPSA) is 54.7 Å². The Morgan fingerprint density at radius 1 is 1.00 bits per heavy atom. The second kappa shape index (κ2) is 6.27. The van der Waals surface area contributed by atoms with Crippen LogP contribution in [0.1, 0.15) is 22.4 Å². The van der Waals surface area contributed by atoms with E-state index in [1.165, 1.54) is 18.4 Å². The highest BCUT2D eigenvalue weighted by molar-refractivity contribution is 5.73. The summed E-state index contributed by atoms with van der Waals surface area (Å²) < 4.78 is 33.0. The maximum absolute atomic E-state index is 14.1. The first-order valence-corrected chi connectivity index (χ1v) is 8.85. The van der Waals surface area contributed by atoms with Gasteiger partial charge in [0.15, 0.2) is 17.3 Å². The third kappa shape index (κ3) is 2.49. The zero-order chi connectivity index (χ0) is 19.1. The van der Waals surface area contributed by atoms with Crippen molar-refractivity contribution in [1.29, 1.82) is 0 Å². The molecule has 0 fully saturated rings. The first-order valence-electron chi connectivity index (χ1n) is 8.85. The minimum Gasteiger partial charge on any atom is -0.443 e. The van der Waals surface area contributed by atoms with Gasteiger partial charge in [-0.2, -0.15) is 5.10 Å². The summed E-state index contributed by atoms with van der Waals surface area (Å²) in [5.74, 6) is -1.29. The van der Waals surface area contributed by atoms with Crippen LogP contribution in [0.25, 0.3) is 17.7 Å². The number of hydrogen-bond acceptors (Lipinski definition) is 3. The molecule has 0 amide bonds. The molecule has 4 aromatic rings. The zero-order valence-corrected chi connectivity index (χ0v) is 14.7. The van der Waals surface area contributed by atoms with E-state index in [4.69, 9.17) is 4.42 Å². The van der Waals surface area contributed by atoms with Gasteiger partial charge in [-0.15, -0.1) is 0 Å². The van der Waals surface area contributed by atoms with E-state index in [-0.39, 0.29) is 0 Å². The smallest absolute Gasteiger partial charge is 0.247 e. The van der Waals surface area contributed by atoms with Crippen LogP contribution in [-0.2, 0) is 11.8 Å². The number of aromatic nitrogens is 3. The average Bonchev–Trinajstić information content (AvgIpc) is 3.39.